The van der Waals surface area contributed by atoms with Crippen molar-refractivity contribution in [2.45, 2.75) is 32.9 Å². The molecule has 1 unspecified atom stereocenters. The molecule has 0 saturated heterocycles. The molecule has 178 valence electrons. The lowest BCUT2D eigenvalue weighted by Crippen LogP contribution is -2.31. The van der Waals surface area contributed by atoms with Crippen LogP contribution in [0, 0.1) is 13.8 Å². The first-order valence-electron chi connectivity index (χ1n) is 11.0. The summed E-state index contributed by atoms with van der Waals surface area (Å²) >= 11 is 0. The Balaban J connectivity index is 1.54. The first kappa shape index (κ1) is 22.3. The molecule has 11 nitrogen and oxygen atoms in total. The Morgan fingerprint density at radius 3 is 2.57 bits per heavy atom. The first-order chi connectivity index (χ1) is 16.9. The Hall–Kier alpha value is -4.54. The van der Waals surface area contributed by atoms with Gasteiger partial charge in [0, 0.05) is 12.0 Å². The fourth-order valence-electron chi connectivity index (χ4n) is 4.27. The van der Waals surface area contributed by atoms with Crippen LogP contribution in [-0.4, -0.2) is 48.9 Å². The number of benzene rings is 2. The van der Waals surface area contributed by atoms with Gasteiger partial charge in [0.25, 0.3) is 17.0 Å². The van der Waals surface area contributed by atoms with Crippen LogP contribution in [0.15, 0.2) is 57.2 Å². The van der Waals surface area contributed by atoms with E-state index >= 15 is 0 Å². The third kappa shape index (κ3) is 4.01. The molecule has 0 spiro atoms. The summed E-state index contributed by atoms with van der Waals surface area (Å²) in [6.45, 7) is 3.71. The van der Waals surface area contributed by atoms with Crippen LogP contribution in [0.25, 0.3) is 11.0 Å². The van der Waals surface area contributed by atoms with Crippen LogP contribution in [0.3, 0.4) is 0 Å². The third-order valence-electron chi connectivity index (χ3n) is 6.11. The first-order valence-corrected chi connectivity index (χ1v) is 11.0. The van der Waals surface area contributed by atoms with Gasteiger partial charge in [-0.25, -0.2) is 9.69 Å². The van der Waals surface area contributed by atoms with Crippen molar-refractivity contribution in [1.29, 1.82) is 0 Å². The fraction of sp³-hybridized carbons (Fsp3) is 0.250. The zero-order chi connectivity index (χ0) is 24.7. The van der Waals surface area contributed by atoms with Gasteiger partial charge >= 0.3 is 0 Å². The van der Waals surface area contributed by atoms with Crippen molar-refractivity contribution in [3.63, 3.8) is 0 Å². The van der Waals surface area contributed by atoms with Gasteiger partial charge in [0.05, 0.1) is 18.9 Å². The second kappa shape index (κ2) is 8.67. The number of H-pyrrole nitrogens is 2. The highest BCUT2D eigenvalue weighted by molar-refractivity contribution is 6.04. The molecule has 3 heterocycles. The zero-order valence-electron chi connectivity index (χ0n) is 19.4. The van der Waals surface area contributed by atoms with E-state index in [0.29, 0.717) is 12.2 Å². The standard InChI is InChI=1S/C24H23N7O4/c1-13-4-5-14(2)17(10-13)18-11-19(15-6-8-16(35-3)9-7-15)31(28-18)20(32)12-30-22-21(25-29-30)23(33)26-27-24(22)34/h4-10,19H,11-12H2,1-3H3,(H,26,33)(H,27,34). The number of nitrogens with zero attached hydrogens (tertiary/aromatic N) is 5. The lowest BCUT2D eigenvalue weighted by atomic mass is 9.95. The summed E-state index contributed by atoms with van der Waals surface area (Å²) in [4.78, 5) is 37.7. The molecule has 1 aliphatic rings. The van der Waals surface area contributed by atoms with E-state index in [1.54, 1.807) is 7.11 Å². The largest absolute Gasteiger partial charge is 0.497 e. The number of aromatic amines is 2. The second-order valence-electron chi connectivity index (χ2n) is 8.45. The maximum Gasteiger partial charge on any atom is 0.292 e. The zero-order valence-corrected chi connectivity index (χ0v) is 19.4. The number of amides is 1. The van der Waals surface area contributed by atoms with E-state index in [4.69, 9.17) is 9.84 Å². The molecule has 11 heteroatoms. The number of carbonyl (C=O) groups excluding carboxylic acids is 1. The summed E-state index contributed by atoms with van der Waals surface area (Å²) in [6.07, 6.45) is 0.515. The molecule has 2 aromatic heterocycles. The molecule has 0 aliphatic carbocycles. The van der Waals surface area contributed by atoms with Crippen molar-refractivity contribution in [3.8, 4) is 5.75 Å². The lowest BCUT2D eigenvalue weighted by Gasteiger charge is -2.22. The number of nitrogens with one attached hydrogen (secondary N) is 2. The van der Waals surface area contributed by atoms with E-state index in [-0.39, 0.29) is 23.6 Å². The minimum atomic E-state index is -0.592. The smallest absolute Gasteiger partial charge is 0.292 e. The molecular formula is C24H23N7O4. The molecule has 0 radical (unpaired) electrons. The number of carbonyl (C=O) groups is 1. The number of fused-ring (bicyclic) bond motifs is 1. The molecule has 0 bridgehead atoms. The number of hydrogen-bond donors (Lipinski definition) is 2. The lowest BCUT2D eigenvalue weighted by molar-refractivity contribution is -0.133. The number of aromatic nitrogens is 5. The predicted octanol–water partition coefficient (Wildman–Crippen LogP) is 1.81. The van der Waals surface area contributed by atoms with Crippen LogP contribution in [0.4, 0.5) is 0 Å². The second-order valence-corrected chi connectivity index (χ2v) is 8.45. The highest BCUT2D eigenvalue weighted by Gasteiger charge is 2.34. The van der Waals surface area contributed by atoms with Crippen LogP contribution in [-0.2, 0) is 11.3 Å². The Morgan fingerprint density at radius 1 is 1.09 bits per heavy atom. The van der Waals surface area contributed by atoms with Gasteiger partial charge < -0.3 is 4.74 Å². The van der Waals surface area contributed by atoms with Crippen LogP contribution in [0.1, 0.15) is 34.7 Å². The Morgan fingerprint density at radius 2 is 1.83 bits per heavy atom. The molecule has 1 aliphatic heterocycles. The molecule has 5 rings (SSSR count). The fourth-order valence-corrected chi connectivity index (χ4v) is 4.27. The topological polar surface area (TPSA) is 138 Å². The molecule has 2 N–H and O–H groups in total. The predicted molar refractivity (Wildman–Crippen MR) is 128 cm³/mol. The van der Waals surface area contributed by atoms with Gasteiger partial charge in [0.2, 0.25) is 0 Å². The number of methoxy groups -OCH3 is 1. The van der Waals surface area contributed by atoms with E-state index in [2.05, 4.69) is 26.6 Å². The van der Waals surface area contributed by atoms with Crippen LogP contribution in [0.2, 0.25) is 0 Å². The number of aryl methyl sites for hydroxylation is 2. The molecule has 2 aromatic carbocycles. The summed E-state index contributed by atoms with van der Waals surface area (Å²) in [7, 11) is 1.59. The molecule has 4 aromatic rings. The number of hydrazone groups is 1. The van der Waals surface area contributed by atoms with E-state index in [0.717, 1.165) is 32.6 Å². The van der Waals surface area contributed by atoms with Crippen molar-refractivity contribution in [3.05, 3.63) is 85.4 Å². The number of rotatable bonds is 5. The number of hydrogen-bond acceptors (Lipinski definition) is 7. The SMILES string of the molecule is COc1ccc(C2CC(c3cc(C)ccc3C)=NN2C(=O)Cn2nnc3c(=O)[nH][nH]c(=O)c32)cc1. The van der Waals surface area contributed by atoms with Crippen LogP contribution >= 0.6 is 0 Å². The normalized spacial score (nSPS) is 15.5. The maximum atomic E-state index is 13.5. The van der Waals surface area contributed by atoms with Gasteiger partial charge in [0.15, 0.2) is 11.0 Å². The highest BCUT2D eigenvalue weighted by Crippen LogP contribution is 2.34. The van der Waals surface area contributed by atoms with E-state index in [9.17, 15) is 14.4 Å². The van der Waals surface area contributed by atoms with Crippen LogP contribution < -0.4 is 15.9 Å². The summed E-state index contributed by atoms with van der Waals surface area (Å²) in [5, 5.41) is 18.2. The molecule has 35 heavy (non-hydrogen) atoms. The molecule has 0 fully saturated rings. The van der Waals surface area contributed by atoms with Gasteiger partial charge in [-0.05, 0) is 43.2 Å². The quantitative estimate of drug-likeness (QED) is 0.453. The Labute approximate surface area is 199 Å². The molecule has 0 saturated carbocycles. The van der Waals surface area contributed by atoms with E-state index in [1.807, 2.05) is 50.2 Å². The maximum absolute atomic E-state index is 13.5. The minimum Gasteiger partial charge on any atom is -0.497 e. The average Bonchev–Trinajstić information content (AvgIpc) is 3.49. The highest BCUT2D eigenvalue weighted by atomic mass is 16.5. The average molecular weight is 473 g/mol. The molecular weight excluding hydrogens is 450 g/mol. The van der Waals surface area contributed by atoms with Crippen molar-refractivity contribution < 1.29 is 9.53 Å². The molecule has 1 amide bonds. The van der Waals surface area contributed by atoms with Gasteiger partial charge in [-0.3, -0.25) is 24.6 Å². The number of ether oxygens (including phenoxy) is 1. The molecule has 1 atom stereocenters. The van der Waals surface area contributed by atoms with E-state index < -0.39 is 17.0 Å². The monoisotopic (exact) mass is 473 g/mol. The Bertz CT molecular complexity index is 1580. The van der Waals surface area contributed by atoms with Gasteiger partial charge in [-0.15, -0.1) is 5.10 Å². The summed E-state index contributed by atoms with van der Waals surface area (Å²) in [5.41, 5.74) is 3.43. The van der Waals surface area contributed by atoms with Crippen molar-refractivity contribution in [2.24, 2.45) is 5.10 Å². The van der Waals surface area contributed by atoms with Crippen molar-refractivity contribution in [1.82, 2.24) is 30.2 Å². The van der Waals surface area contributed by atoms with E-state index in [1.165, 1.54) is 5.01 Å². The van der Waals surface area contributed by atoms with Crippen LogP contribution in [0.5, 0.6) is 5.75 Å². The van der Waals surface area contributed by atoms with Gasteiger partial charge in [-0.2, -0.15) is 5.10 Å². The third-order valence-corrected chi connectivity index (χ3v) is 6.11. The summed E-state index contributed by atoms with van der Waals surface area (Å²) < 4.78 is 6.40. The van der Waals surface area contributed by atoms with Gasteiger partial charge in [0.1, 0.15) is 12.3 Å². The summed E-state index contributed by atoms with van der Waals surface area (Å²) in [5.74, 6) is 0.316. The van der Waals surface area contributed by atoms with Gasteiger partial charge in [-0.1, -0.05) is 35.0 Å². The Kier molecular flexibility index (Phi) is 5.51. The minimum absolute atomic E-state index is 0.0685. The van der Waals surface area contributed by atoms with Crippen molar-refractivity contribution >= 4 is 22.7 Å². The van der Waals surface area contributed by atoms with Crippen molar-refractivity contribution in [2.75, 3.05) is 7.11 Å². The summed E-state index contributed by atoms with van der Waals surface area (Å²) in [6, 6.07) is 13.2.